The third-order valence-electron chi connectivity index (χ3n) is 2.32. The van der Waals surface area contributed by atoms with Crippen LogP contribution in [-0.4, -0.2) is 38.9 Å². The molecular formula is C10H17N3O2. The monoisotopic (exact) mass is 211 g/mol. The van der Waals surface area contributed by atoms with Crippen LogP contribution in [0.15, 0.2) is 6.20 Å². The molecule has 1 aromatic heterocycles. The van der Waals surface area contributed by atoms with Gasteiger partial charge in [-0.2, -0.15) is 0 Å². The second-order valence-corrected chi connectivity index (χ2v) is 3.93. The van der Waals surface area contributed by atoms with E-state index in [0.717, 1.165) is 11.4 Å². The summed E-state index contributed by atoms with van der Waals surface area (Å²) in [6.45, 7) is 5.12. The zero-order chi connectivity index (χ0) is 11.5. The molecule has 0 spiro atoms. The molecule has 0 radical (unpaired) electrons. The van der Waals surface area contributed by atoms with Crippen molar-refractivity contribution in [2.75, 3.05) is 18.5 Å². The van der Waals surface area contributed by atoms with Gasteiger partial charge in [0, 0.05) is 0 Å². The summed E-state index contributed by atoms with van der Waals surface area (Å²) in [5, 5.41) is 21.1. The van der Waals surface area contributed by atoms with Crippen LogP contribution >= 0.6 is 0 Å². The maximum absolute atomic E-state index is 9.10. The highest BCUT2D eigenvalue weighted by atomic mass is 16.3. The van der Waals surface area contributed by atoms with Crippen molar-refractivity contribution in [1.29, 1.82) is 0 Å². The number of aromatic nitrogens is 2. The molecule has 0 saturated carbocycles. The van der Waals surface area contributed by atoms with Crippen LogP contribution in [0, 0.1) is 13.8 Å². The van der Waals surface area contributed by atoms with Crippen molar-refractivity contribution in [3.05, 3.63) is 17.6 Å². The van der Waals surface area contributed by atoms with Gasteiger partial charge in [0.1, 0.15) is 5.82 Å². The van der Waals surface area contributed by atoms with Gasteiger partial charge in [0.2, 0.25) is 0 Å². The summed E-state index contributed by atoms with van der Waals surface area (Å²) >= 11 is 0. The number of aliphatic hydroxyl groups is 2. The van der Waals surface area contributed by atoms with E-state index in [1.807, 2.05) is 13.8 Å². The lowest BCUT2D eigenvalue weighted by molar-refractivity contribution is 0.147. The summed E-state index contributed by atoms with van der Waals surface area (Å²) in [7, 11) is 0. The van der Waals surface area contributed by atoms with Crippen molar-refractivity contribution < 1.29 is 10.2 Å². The maximum Gasteiger partial charge on any atom is 0.145 e. The van der Waals surface area contributed by atoms with Crippen LogP contribution in [0.2, 0.25) is 0 Å². The highest BCUT2D eigenvalue weighted by Gasteiger charge is 2.22. The van der Waals surface area contributed by atoms with Crippen molar-refractivity contribution in [3.8, 4) is 0 Å². The minimum Gasteiger partial charge on any atom is -0.394 e. The van der Waals surface area contributed by atoms with E-state index >= 15 is 0 Å². The molecule has 1 aromatic rings. The molecule has 0 aromatic carbocycles. The molecule has 15 heavy (non-hydrogen) atoms. The van der Waals surface area contributed by atoms with E-state index in [9.17, 15) is 0 Å². The van der Waals surface area contributed by atoms with Gasteiger partial charge in [0.25, 0.3) is 0 Å². The molecule has 5 nitrogen and oxygen atoms in total. The fourth-order valence-electron chi connectivity index (χ4n) is 1.04. The summed E-state index contributed by atoms with van der Waals surface area (Å²) in [4.78, 5) is 8.40. The van der Waals surface area contributed by atoms with E-state index in [-0.39, 0.29) is 13.2 Å². The summed E-state index contributed by atoms with van der Waals surface area (Å²) in [5.74, 6) is 0.559. The Balaban J connectivity index is 2.85. The van der Waals surface area contributed by atoms with Gasteiger partial charge in [-0.3, -0.25) is 4.98 Å². The highest BCUT2D eigenvalue weighted by molar-refractivity contribution is 5.36. The van der Waals surface area contributed by atoms with E-state index in [1.54, 1.807) is 13.1 Å². The number of hydrogen-bond acceptors (Lipinski definition) is 5. The van der Waals surface area contributed by atoms with Gasteiger partial charge in [0.15, 0.2) is 0 Å². The average molecular weight is 211 g/mol. The molecule has 0 bridgehead atoms. The van der Waals surface area contributed by atoms with Gasteiger partial charge >= 0.3 is 0 Å². The number of aliphatic hydroxyl groups excluding tert-OH is 2. The minimum atomic E-state index is -0.767. The van der Waals surface area contributed by atoms with Crippen molar-refractivity contribution in [1.82, 2.24) is 9.97 Å². The number of anilines is 1. The lowest BCUT2D eigenvalue weighted by Gasteiger charge is -2.26. The van der Waals surface area contributed by atoms with Crippen LogP contribution in [0.3, 0.4) is 0 Å². The predicted molar refractivity (Wildman–Crippen MR) is 57.7 cm³/mol. The fourth-order valence-corrected chi connectivity index (χ4v) is 1.04. The molecule has 0 aliphatic carbocycles. The van der Waals surface area contributed by atoms with E-state index in [4.69, 9.17) is 10.2 Å². The van der Waals surface area contributed by atoms with E-state index in [0.29, 0.717) is 5.82 Å². The van der Waals surface area contributed by atoms with Crippen molar-refractivity contribution in [3.63, 3.8) is 0 Å². The van der Waals surface area contributed by atoms with Crippen LogP contribution in [-0.2, 0) is 0 Å². The van der Waals surface area contributed by atoms with Gasteiger partial charge in [0.05, 0.1) is 36.3 Å². The molecule has 0 atom stereocenters. The molecule has 0 aliphatic heterocycles. The second-order valence-electron chi connectivity index (χ2n) is 3.93. The third kappa shape index (κ3) is 2.87. The summed E-state index contributed by atoms with van der Waals surface area (Å²) in [5.41, 5.74) is 0.935. The van der Waals surface area contributed by atoms with E-state index in [2.05, 4.69) is 15.3 Å². The predicted octanol–water partition coefficient (Wildman–Crippen LogP) is 0.249. The third-order valence-corrected chi connectivity index (χ3v) is 2.32. The van der Waals surface area contributed by atoms with Gasteiger partial charge in [-0.1, -0.05) is 0 Å². The number of aryl methyl sites for hydroxylation is 2. The maximum atomic E-state index is 9.10. The molecule has 0 unspecified atom stereocenters. The SMILES string of the molecule is Cc1ncc(NC(C)(CO)CO)nc1C. The Morgan fingerprint density at radius 1 is 1.27 bits per heavy atom. The van der Waals surface area contributed by atoms with E-state index < -0.39 is 5.54 Å². The van der Waals surface area contributed by atoms with Crippen LogP contribution in [0.4, 0.5) is 5.82 Å². The molecule has 84 valence electrons. The number of rotatable bonds is 4. The van der Waals surface area contributed by atoms with Crippen molar-refractivity contribution in [2.45, 2.75) is 26.3 Å². The van der Waals surface area contributed by atoms with Crippen LogP contribution in [0.5, 0.6) is 0 Å². The van der Waals surface area contributed by atoms with Crippen molar-refractivity contribution >= 4 is 5.82 Å². The number of hydrogen-bond donors (Lipinski definition) is 3. The summed E-state index contributed by atoms with van der Waals surface area (Å²) < 4.78 is 0. The molecular weight excluding hydrogens is 194 g/mol. The Morgan fingerprint density at radius 2 is 1.87 bits per heavy atom. The van der Waals surface area contributed by atoms with Gasteiger partial charge in [-0.05, 0) is 20.8 Å². The lowest BCUT2D eigenvalue weighted by atomic mass is 10.1. The van der Waals surface area contributed by atoms with Crippen LogP contribution in [0.1, 0.15) is 18.3 Å². The van der Waals surface area contributed by atoms with Gasteiger partial charge < -0.3 is 15.5 Å². The normalized spacial score (nSPS) is 11.5. The molecule has 0 fully saturated rings. The standard InChI is InChI=1S/C10H17N3O2/c1-7-8(2)12-9(4-11-7)13-10(3,5-14)6-15/h4,14-15H,5-6H2,1-3H3,(H,12,13). The molecule has 5 heteroatoms. The average Bonchev–Trinajstić information content (AvgIpc) is 2.23. The lowest BCUT2D eigenvalue weighted by Crippen LogP contribution is -2.42. The van der Waals surface area contributed by atoms with E-state index in [1.165, 1.54) is 0 Å². The smallest absolute Gasteiger partial charge is 0.145 e. The zero-order valence-electron chi connectivity index (χ0n) is 9.28. The van der Waals surface area contributed by atoms with Crippen LogP contribution in [0.25, 0.3) is 0 Å². The Labute approximate surface area is 89.2 Å². The minimum absolute atomic E-state index is 0.169. The van der Waals surface area contributed by atoms with Gasteiger partial charge in [-0.25, -0.2) is 4.98 Å². The molecule has 3 N–H and O–H groups in total. The van der Waals surface area contributed by atoms with Crippen molar-refractivity contribution in [2.24, 2.45) is 0 Å². The first kappa shape index (κ1) is 11.9. The highest BCUT2D eigenvalue weighted by Crippen LogP contribution is 2.12. The van der Waals surface area contributed by atoms with Gasteiger partial charge in [-0.15, -0.1) is 0 Å². The number of nitrogens with one attached hydrogen (secondary N) is 1. The quantitative estimate of drug-likeness (QED) is 0.665. The summed E-state index contributed by atoms with van der Waals surface area (Å²) in [6.07, 6.45) is 1.59. The topological polar surface area (TPSA) is 78.3 Å². The first-order valence-corrected chi connectivity index (χ1v) is 4.81. The van der Waals surface area contributed by atoms with Crippen LogP contribution < -0.4 is 5.32 Å². The molecule has 0 amide bonds. The molecule has 1 rings (SSSR count). The first-order valence-electron chi connectivity index (χ1n) is 4.81. The zero-order valence-corrected chi connectivity index (χ0v) is 9.28. The summed E-state index contributed by atoms with van der Waals surface area (Å²) in [6, 6.07) is 0. The Kier molecular flexibility index (Phi) is 3.60. The molecule has 0 aliphatic rings. The largest absolute Gasteiger partial charge is 0.394 e. The Hall–Kier alpha value is -1.20. The Morgan fingerprint density at radius 3 is 2.33 bits per heavy atom. The second kappa shape index (κ2) is 4.55. The molecule has 0 saturated heterocycles. The number of nitrogens with zero attached hydrogens (tertiary/aromatic N) is 2. The Bertz CT molecular complexity index is 337. The first-order chi connectivity index (χ1) is 7.00. The molecule has 1 heterocycles. The fraction of sp³-hybridized carbons (Fsp3) is 0.600.